The minimum absolute atomic E-state index is 0.121. The lowest BCUT2D eigenvalue weighted by Crippen LogP contribution is -2.51. The zero-order chi connectivity index (χ0) is 25.5. The van der Waals surface area contributed by atoms with Crippen LogP contribution < -0.4 is 15.4 Å². The number of rotatable bonds is 9. The maximum Gasteiger partial charge on any atom is 0.252 e. The average molecular weight is 515 g/mol. The highest BCUT2D eigenvalue weighted by atomic mass is 35.5. The molecule has 1 aromatic carbocycles. The highest BCUT2D eigenvalue weighted by Gasteiger charge is 2.27. The highest BCUT2D eigenvalue weighted by Crippen LogP contribution is 2.26. The predicted molar refractivity (Wildman–Crippen MR) is 146 cm³/mol. The van der Waals surface area contributed by atoms with Crippen molar-refractivity contribution in [3.8, 4) is 0 Å². The molecule has 2 saturated heterocycles. The van der Waals surface area contributed by atoms with Crippen molar-refractivity contribution in [2.75, 3.05) is 62.2 Å². The number of anilines is 2. The Bertz CT molecular complexity index is 1060. The second-order valence-corrected chi connectivity index (χ2v) is 10.2. The van der Waals surface area contributed by atoms with Crippen LogP contribution in [0.1, 0.15) is 45.2 Å². The molecule has 0 spiro atoms. The molecule has 9 heteroatoms. The molecule has 2 aromatic rings. The summed E-state index contributed by atoms with van der Waals surface area (Å²) in [5.74, 6) is 1.00. The van der Waals surface area contributed by atoms with Crippen molar-refractivity contribution in [1.82, 2.24) is 19.8 Å². The van der Waals surface area contributed by atoms with E-state index in [0.717, 1.165) is 68.3 Å². The van der Waals surface area contributed by atoms with Crippen LogP contribution in [0.3, 0.4) is 0 Å². The Hall–Kier alpha value is -2.58. The van der Waals surface area contributed by atoms with Crippen molar-refractivity contribution in [1.29, 1.82) is 0 Å². The van der Waals surface area contributed by atoms with Crippen LogP contribution in [0.5, 0.6) is 0 Å². The second-order valence-electron chi connectivity index (χ2n) is 9.83. The number of carbonyl (C=O) groups is 1. The van der Waals surface area contributed by atoms with E-state index in [1.54, 1.807) is 6.07 Å². The molecular formula is C27H39ClN6O2. The molecule has 0 aliphatic carbocycles. The molecule has 3 heterocycles. The number of amides is 1. The molecule has 0 saturated carbocycles. The lowest BCUT2D eigenvalue weighted by molar-refractivity contribution is -0.136. The predicted octanol–water partition coefficient (Wildman–Crippen LogP) is 3.61. The maximum absolute atomic E-state index is 13.0. The molecule has 196 valence electrons. The molecule has 8 nitrogen and oxygen atoms in total. The zero-order valence-electron chi connectivity index (χ0n) is 21.6. The molecule has 2 aliphatic heterocycles. The van der Waals surface area contributed by atoms with E-state index in [0.29, 0.717) is 38.7 Å². The summed E-state index contributed by atoms with van der Waals surface area (Å²) < 4.78 is 0. The fourth-order valence-electron chi connectivity index (χ4n) is 5.16. The molecule has 2 aliphatic rings. The van der Waals surface area contributed by atoms with Gasteiger partial charge in [0.25, 0.3) is 5.56 Å². The van der Waals surface area contributed by atoms with Gasteiger partial charge >= 0.3 is 0 Å². The molecule has 1 amide bonds. The summed E-state index contributed by atoms with van der Waals surface area (Å²) in [5.41, 5.74) is 1.72. The lowest BCUT2D eigenvalue weighted by Gasteiger charge is -2.37. The number of piperazine rings is 2. The largest absolute Gasteiger partial charge is 0.368 e. The van der Waals surface area contributed by atoms with E-state index in [1.165, 1.54) is 0 Å². The van der Waals surface area contributed by atoms with Gasteiger partial charge in [0.15, 0.2) is 0 Å². The molecule has 4 rings (SSSR count). The Balaban J connectivity index is 1.32. The average Bonchev–Trinajstić information content (AvgIpc) is 2.89. The van der Waals surface area contributed by atoms with E-state index < -0.39 is 0 Å². The van der Waals surface area contributed by atoms with Crippen LogP contribution in [0, 0.1) is 5.92 Å². The van der Waals surface area contributed by atoms with Gasteiger partial charge in [-0.05, 0) is 25.0 Å². The molecule has 0 radical (unpaired) electrons. The van der Waals surface area contributed by atoms with E-state index in [2.05, 4.69) is 39.6 Å². The zero-order valence-corrected chi connectivity index (χ0v) is 22.3. The van der Waals surface area contributed by atoms with Gasteiger partial charge in [-0.25, -0.2) is 4.98 Å². The van der Waals surface area contributed by atoms with Crippen LogP contribution in [-0.4, -0.2) is 78.0 Å². The minimum atomic E-state index is -0.131. The Morgan fingerprint density at radius 1 is 1.03 bits per heavy atom. The van der Waals surface area contributed by atoms with Gasteiger partial charge in [0.1, 0.15) is 0 Å². The molecule has 0 unspecified atom stereocenters. The van der Waals surface area contributed by atoms with Crippen molar-refractivity contribution >= 4 is 29.1 Å². The Labute approximate surface area is 219 Å². The van der Waals surface area contributed by atoms with Crippen molar-refractivity contribution in [2.24, 2.45) is 5.92 Å². The summed E-state index contributed by atoms with van der Waals surface area (Å²) >= 11 is 6.37. The van der Waals surface area contributed by atoms with Gasteiger partial charge in [0, 0.05) is 70.9 Å². The van der Waals surface area contributed by atoms with Crippen molar-refractivity contribution in [3.05, 3.63) is 51.4 Å². The number of aromatic nitrogens is 2. The van der Waals surface area contributed by atoms with Crippen LogP contribution in [-0.2, 0) is 11.3 Å². The quantitative estimate of drug-likeness (QED) is 0.551. The number of halogens is 1. The third-order valence-corrected chi connectivity index (χ3v) is 7.69. The van der Waals surface area contributed by atoms with Crippen molar-refractivity contribution < 1.29 is 4.79 Å². The van der Waals surface area contributed by atoms with Crippen molar-refractivity contribution in [3.63, 3.8) is 0 Å². The van der Waals surface area contributed by atoms with Crippen molar-refractivity contribution in [2.45, 2.75) is 46.1 Å². The van der Waals surface area contributed by atoms with Gasteiger partial charge in [0.05, 0.1) is 16.4 Å². The first kappa shape index (κ1) is 26.5. The van der Waals surface area contributed by atoms with Crippen LogP contribution in [0.15, 0.2) is 35.1 Å². The van der Waals surface area contributed by atoms with Crippen LogP contribution >= 0.6 is 11.6 Å². The summed E-state index contributed by atoms with van der Waals surface area (Å²) in [6.45, 7) is 11.1. The maximum atomic E-state index is 13.0. The number of aromatic amines is 1. The first-order valence-electron chi connectivity index (χ1n) is 13.3. The summed E-state index contributed by atoms with van der Waals surface area (Å²) in [7, 11) is 0. The van der Waals surface area contributed by atoms with Crippen LogP contribution in [0.4, 0.5) is 11.6 Å². The molecule has 0 bridgehead atoms. The number of hydrogen-bond donors (Lipinski definition) is 1. The van der Waals surface area contributed by atoms with Gasteiger partial charge in [-0.3, -0.25) is 19.5 Å². The fourth-order valence-corrected chi connectivity index (χ4v) is 5.41. The number of carbonyl (C=O) groups excluding carboxylic acids is 1. The molecule has 1 N–H and O–H groups in total. The third-order valence-electron chi connectivity index (χ3n) is 7.37. The number of benzene rings is 1. The topological polar surface area (TPSA) is 75.8 Å². The standard InChI is InChI=1S/C27H39ClN6O2/c1-3-5-8-21(4-2)26(36)33-15-17-34(18-16-33)27-29-22(19-25(35)30-27)20-31-11-13-32(14-12-31)24-10-7-6-9-23(24)28/h6-7,9-10,19,21H,3-5,8,11-18,20H2,1-2H3,(H,29,30,35)/t21-/m1/s1. The van der Waals surface area contributed by atoms with E-state index in [1.807, 2.05) is 23.1 Å². The fraction of sp³-hybridized carbons (Fsp3) is 0.593. The molecule has 2 fully saturated rings. The number of unbranched alkanes of at least 4 members (excludes halogenated alkanes) is 1. The van der Waals surface area contributed by atoms with E-state index in [4.69, 9.17) is 16.6 Å². The van der Waals surface area contributed by atoms with Crippen LogP contribution in [0.25, 0.3) is 0 Å². The van der Waals surface area contributed by atoms with Gasteiger partial charge in [-0.15, -0.1) is 0 Å². The second kappa shape index (κ2) is 12.6. The monoisotopic (exact) mass is 514 g/mol. The normalized spacial score (nSPS) is 17.9. The van der Waals surface area contributed by atoms with E-state index >= 15 is 0 Å². The number of H-pyrrole nitrogens is 1. The third kappa shape index (κ3) is 6.59. The number of nitrogens with one attached hydrogen (secondary N) is 1. The van der Waals surface area contributed by atoms with Gasteiger partial charge in [-0.1, -0.05) is 50.4 Å². The highest BCUT2D eigenvalue weighted by molar-refractivity contribution is 6.33. The summed E-state index contributed by atoms with van der Waals surface area (Å²) in [6.07, 6.45) is 4.07. The first-order chi connectivity index (χ1) is 17.5. The summed E-state index contributed by atoms with van der Waals surface area (Å²) in [5, 5.41) is 0.778. The summed E-state index contributed by atoms with van der Waals surface area (Å²) in [4.78, 5) is 41.8. The van der Waals surface area contributed by atoms with E-state index in [9.17, 15) is 9.59 Å². The lowest BCUT2D eigenvalue weighted by atomic mass is 9.97. The first-order valence-corrected chi connectivity index (χ1v) is 13.7. The van der Waals surface area contributed by atoms with Gasteiger partial charge in [0.2, 0.25) is 11.9 Å². The molecule has 1 aromatic heterocycles. The molecule has 36 heavy (non-hydrogen) atoms. The molecular weight excluding hydrogens is 476 g/mol. The number of hydrogen-bond acceptors (Lipinski definition) is 6. The minimum Gasteiger partial charge on any atom is -0.368 e. The SMILES string of the molecule is CCCC[C@@H](CC)C(=O)N1CCN(c2nc(CN3CCN(c4ccccc4Cl)CC3)cc(=O)[nH]2)CC1. The van der Waals surface area contributed by atoms with E-state index in [-0.39, 0.29) is 17.4 Å². The Kier molecular flexibility index (Phi) is 9.26. The number of para-hydroxylation sites is 1. The molecule has 1 atom stereocenters. The Morgan fingerprint density at radius 2 is 1.72 bits per heavy atom. The smallest absolute Gasteiger partial charge is 0.252 e. The Morgan fingerprint density at radius 3 is 2.39 bits per heavy atom. The summed E-state index contributed by atoms with van der Waals surface area (Å²) in [6, 6.07) is 9.55. The number of nitrogens with zero attached hydrogens (tertiary/aromatic N) is 5. The van der Waals surface area contributed by atoms with Gasteiger partial charge < -0.3 is 14.7 Å². The van der Waals surface area contributed by atoms with Crippen LogP contribution in [0.2, 0.25) is 5.02 Å². The van der Waals surface area contributed by atoms with Gasteiger partial charge in [-0.2, -0.15) is 0 Å².